The standard InChI is InChI=1S/C13H30N2/c1-6-7-8-9-11-15(5)12-10-14-13(2,3)4/h14H,6-12H2,1-5H3. The first kappa shape index (κ1) is 14.9. The average molecular weight is 214 g/mol. The maximum Gasteiger partial charge on any atom is 0.0104 e. The van der Waals surface area contributed by atoms with Crippen LogP contribution in [0.25, 0.3) is 0 Å². The summed E-state index contributed by atoms with van der Waals surface area (Å²) in [6.07, 6.45) is 5.44. The summed E-state index contributed by atoms with van der Waals surface area (Å²) in [5.41, 5.74) is 0.253. The molecule has 0 unspecified atom stereocenters. The lowest BCUT2D eigenvalue weighted by Gasteiger charge is -2.23. The average Bonchev–Trinajstić information content (AvgIpc) is 2.10. The van der Waals surface area contributed by atoms with Gasteiger partial charge in [-0.3, -0.25) is 0 Å². The first-order valence-electron chi connectivity index (χ1n) is 6.39. The highest BCUT2D eigenvalue weighted by molar-refractivity contribution is 4.70. The van der Waals surface area contributed by atoms with Crippen molar-refractivity contribution < 1.29 is 0 Å². The van der Waals surface area contributed by atoms with Crippen LogP contribution in [0.2, 0.25) is 0 Å². The monoisotopic (exact) mass is 214 g/mol. The minimum absolute atomic E-state index is 0.253. The van der Waals surface area contributed by atoms with E-state index in [1.54, 1.807) is 0 Å². The highest BCUT2D eigenvalue weighted by Crippen LogP contribution is 2.00. The molecule has 0 rings (SSSR count). The zero-order valence-electron chi connectivity index (χ0n) is 11.4. The smallest absolute Gasteiger partial charge is 0.0104 e. The van der Waals surface area contributed by atoms with E-state index in [0.717, 1.165) is 13.1 Å². The molecule has 0 aliphatic heterocycles. The lowest BCUT2D eigenvalue weighted by Crippen LogP contribution is -2.40. The minimum Gasteiger partial charge on any atom is -0.311 e. The zero-order valence-corrected chi connectivity index (χ0v) is 11.4. The van der Waals surface area contributed by atoms with E-state index in [4.69, 9.17) is 0 Å². The van der Waals surface area contributed by atoms with Crippen molar-refractivity contribution in [3.8, 4) is 0 Å². The molecule has 0 atom stereocenters. The topological polar surface area (TPSA) is 15.3 Å². The van der Waals surface area contributed by atoms with E-state index in [2.05, 4.69) is 45.0 Å². The summed E-state index contributed by atoms with van der Waals surface area (Å²) in [4.78, 5) is 2.42. The second-order valence-corrected chi connectivity index (χ2v) is 5.54. The molecule has 0 amide bonds. The van der Waals surface area contributed by atoms with Crippen LogP contribution in [0.15, 0.2) is 0 Å². The van der Waals surface area contributed by atoms with Gasteiger partial charge in [0.25, 0.3) is 0 Å². The van der Waals surface area contributed by atoms with Gasteiger partial charge in [0.1, 0.15) is 0 Å². The summed E-state index contributed by atoms with van der Waals surface area (Å²) >= 11 is 0. The number of unbranched alkanes of at least 4 members (excludes halogenated alkanes) is 3. The van der Waals surface area contributed by atoms with Gasteiger partial charge in [-0.2, -0.15) is 0 Å². The van der Waals surface area contributed by atoms with Crippen LogP contribution in [0, 0.1) is 0 Å². The van der Waals surface area contributed by atoms with Crippen molar-refractivity contribution in [2.45, 2.75) is 58.9 Å². The molecule has 0 aromatic heterocycles. The molecule has 0 spiro atoms. The van der Waals surface area contributed by atoms with E-state index in [-0.39, 0.29) is 5.54 Å². The van der Waals surface area contributed by atoms with Crippen molar-refractivity contribution in [3.05, 3.63) is 0 Å². The molecule has 0 aliphatic carbocycles. The highest BCUT2D eigenvalue weighted by Gasteiger charge is 2.08. The summed E-state index contributed by atoms with van der Waals surface area (Å²) in [7, 11) is 2.22. The van der Waals surface area contributed by atoms with E-state index in [0.29, 0.717) is 0 Å². The largest absolute Gasteiger partial charge is 0.311 e. The quantitative estimate of drug-likeness (QED) is 0.625. The maximum atomic E-state index is 3.51. The first-order chi connectivity index (χ1) is 6.95. The Balaban J connectivity index is 3.29. The normalized spacial score (nSPS) is 12.4. The third-order valence-corrected chi connectivity index (χ3v) is 2.54. The lowest BCUT2D eigenvalue weighted by atomic mass is 10.1. The Kier molecular flexibility index (Phi) is 8.07. The van der Waals surface area contributed by atoms with Crippen LogP contribution in [0.5, 0.6) is 0 Å². The molecule has 0 heterocycles. The predicted molar refractivity (Wildman–Crippen MR) is 69.4 cm³/mol. The summed E-state index contributed by atoms with van der Waals surface area (Å²) < 4.78 is 0. The molecule has 0 bridgehead atoms. The fourth-order valence-electron chi connectivity index (χ4n) is 1.54. The molecule has 0 saturated carbocycles. The van der Waals surface area contributed by atoms with Gasteiger partial charge in [-0.25, -0.2) is 0 Å². The number of likely N-dealkylation sites (N-methyl/N-ethyl adjacent to an activating group) is 1. The van der Waals surface area contributed by atoms with Crippen LogP contribution in [0.1, 0.15) is 53.4 Å². The van der Waals surface area contributed by atoms with Crippen LogP contribution < -0.4 is 5.32 Å². The predicted octanol–water partition coefficient (Wildman–Crippen LogP) is 2.89. The Morgan fingerprint density at radius 3 is 2.20 bits per heavy atom. The number of hydrogen-bond acceptors (Lipinski definition) is 2. The van der Waals surface area contributed by atoms with E-state index < -0.39 is 0 Å². The van der Waals surface area contributed by atoms with Gasteiger partial charge < -0.3 is 10.2 Å². The van der Waals surface area contributed by atoms with Gasteiger partial charge in [-0.15, -0.1) is 0 Å². The van der Waals surface area contributed by atoms with Crippen molar-refractivity contribution in [2.24, 2.45) is 0 Å². The van der Waals surface area contributed by atoms with Gasteiger partial charge in [-0.1, -0.05) is 26.2 Å². The Bertz CT molecular complexity index is 138. The van der Waals surface area contributed by atoms with E-state index >= 15 is 0 Å². The van der Waals surface area contributed by atoms with Gasteiger partial charge in [-0.05, 0) is 40.8 Å². The fraction of sp³-hybridized carbons (Fsp3) is 1.00. The molecular weight excluding hydrogens is 184 g/mol. The summed E-state index contributed by atoms with van der Waals surface area (Å²) in [6.45, 7) is 12.4. The van der Waals surface area contributed by atoms with E-state index in [9.17, 15) is 0 Å². The Hall–Kier alpha value is -0.0800. The van der Waals surface area contributed by atoms with Crippen molar-refractivity contribution in [2.75, 3.05) is 26.7 Å². The van der Waals surface area contributed by atoms with Crippen LogP contribution in [-0.2, 0) is 0 Å². The minimum atomic E-state index is 0.253. The summed E-state index contributed by atoms with van der Waals surface area (Å²) in [5, 5.41) is 3.51. The van der Waals surface area contributed by atoms with Crippen molar-refractivity contribution in [1.29, 1.82) is 0 Å². The number of hydrogen-bond donors (Lipinski definition) is 1. The molecule has 0 saturated heterocycles. The Morgan fingerprint density at radius 1 is 1.00 bits per heavy atom. The molecule has 2 heteroatoms. The number of nitrogens with zero attached hydrogens (tertiary/aromatic N) is 1. The molecule has 2 nitrogen and oxygen atoms in total. The lowest BCUT2D eigenvalue weighted by molar-refractivity contribution is 0.303. The highest BCUT2D eigenvalue weighted by atomic mass is 15.1. The van der Waals surface area contributed by atoms with E-state index in [1.807, 2.05) is 0 Å². The van der Waals surface area contributed by atoms with Crippen molar-refractivity contribution >= 4 is 0 Å². The van der Waals surface area contributed by atoms with Crippen LogP contribution in [0.3, 0.4) is 0 Å². The Labute approximate surface area is 96.4 Å². The van der Waals surface area contributed by atoms with Gasteiger partial charge in [0.15, 0.2) is 0 Å². The van der Waals surface area contributed by atoms with Crippen LogP contribution in [0.4, 0.5) is 0 Å². The second-order valence-electron chi connectivity index (χ2n) is 5.54. The molecule has 1 N–H and O–H groups in total. The van der Waals surface area contributed by atoms with E-state index in [1.165, 1.54) is 32.2 Å². The molecule has 0 aromatic rings. The zero-order chi connectivity index (χ0) is 11.7. The van der Waals surface area contributed by atoms with Crippen molar-refractivity contribution in [1.82, 2.24) is 10.2 Å². The SMILES string of the molecule is CCCCCCN(C)CCNC(C)(C)C. The second kappa shape index (κ2) is 8.12. The molecule has 0 aliphatic rings. The van der Waals surface area contributed by atoms with Gasteiger partial charge in [0.05, 0.1) is 0 Å². The third kappa shape index (κ3) is 11.8. The van der Waals surface area contributed by atoms with Gasteiger partial charge in [0.2, 0.25) is 0 Å². The molecule has 0 radical (unpaired) electrons. The summed E-state index contributed by atoms with van der Waals surface area (Å²) in [5.74, 6) is 0. The maximum absolute atomic E-state index is 3.51. The number of nitrogens with one attached hydrogen (secondary N) is 1. The molecule has 0 aromatic carbocycles. The van der Waals surface area contributed by atoms with Crippen LogP contribution >= 0.6 is 0 Å². The molecule has 15 heavy (non-hydrogen) atoms. The summed E-state index contributed by atoms with van der Waals surface area (Å²) in [6, 6.07) is 0. The van der Waals surface area contributed by atoms with Gasteiger partial charge in [0, 0.05) is 18.6 Å². The number of rotatable bonds is 8. The third-order valence-electron chi connectivity index (χ3n) is 2.54. The van der Waals surface area contributed by atoms with Crippen molar-refractivity contribution in [3.63, 3.8) is 0 Å². The molecule has 92 valence electrons. The molecule has 0 fully saturated rings. The van der Waals surface area contributed by atoms with Gasteiger partial charge >= 0.3 is 0 Å². The fourth-order valence-corrected chi connectivity index (χ4v) is 1.54. The van der Waals surface area contributed by atoms with Crippen LogP contribution in [-0.4, -0.2) is 37.1 Å². The molecular formula is C13H30N2. The Morgan fingerprint density at radius 2 is 1.67 bits per heavy atom. The first-order valence-corrected chi connectivity index (χ1v) is 6.39.